The van der Waals surface area contributed by atoms with Crippen molar-refractivity contribution in [3.8, 4) is 11.9 Å². The average molecular weight is 392 g/mol. The Kier molecular flexibility index (Phi) is 5.97. The van der Waals surface area contributed by atoms with Crippen LogP contribution < -0.4 is 4.74 Å². The predicted molar refractivity (Wildman–Crippen MR) is 98.3 cm³/mol. The highest BCUT2D eigenvalue weighted by Crippen LogP contribution is 2.24. The van der Waals surface area contributed by atoms with Crippen LogP contribution >= 0.6 is 0 Å². The Labute approximate surface area is 159 Å². The maximum atomic E-state index is 12.9. The van der Waals surface area contributed by atoms with Crippen molar-refractivity contribution < 1.29 is 17.9 Å². The molecule has 3 heterocycles. The Morgan fingerprint density at radius 2 is 2.04 bits per heavy atom. The Bertz CT molecular complexity index is 828. The molecule has 0 radical (unpaired) electrons. The first-order valence-corrected chi connectivity index (χ1v) is 11.0. The number of nitrogens with zero attached hydrogens (tertiary/aromatic N) is 4. The van der Waals surface area contributed by atoms with Gasteiger partial charge in [-0.2, -0.15) is 5.26 Å². The molecule has 0 saturated carbocycles. The summed E-state index contributed by atoms with van der Waals surface area (Å²) in [7, 11) is -3.19. The van der Waals surface area contributed by atoms with Gasteiger partial charge in [-0.05, 0) is 31.7 Å². The fourth-order valence-electron chi connectivity index (χ4n) is 3.64. The highest BCUT2D eigenvalue weighted by atomic mass is 32.2. The number of hydrogen-bond acceptors (Lipinski definition) is 6. The zero-order chi connectivity index (χ0) is 19.4. The van der Waals surface area contributed by atoms with Gasteiger partial charge in [0.2, 0.25) is 21.8 Å². The number of ether oxygens (including phenoxy) is 1. The summed E-state index contributed by atoms with van der Waals surface area (Å²) >= 11 is 0. The number of hydrogen-bond donors (Lipinski definition) is 0. The monoisotopic (exact) mass is 392 g/mol. The Morgan fingerprint density at radius 3 is 2.70 bits per heavy atom. The lowest BCUT2D eigenvalue weighted by Crippen LogP contribution is -2.49. The van der Waals surface area contributed by atoms with Gasteiger partial charge in [0.25, 0.3) is 0 Å². The summed E-state index contributed by atoms with van der Waals surface area (Å²) in [5.41, 5.74) is 0.487. The maximum absolute atomic E-state index is 12.9. The molecule has 0 N–H and O–H groups in total. The molecule has 0 spiro atoms. The van der Waals surface area contributed by atoms with E-state index < -0.39 is 10.0 Å². The van der Waals surface area contributed by atoms with E-state index in [2.05, 4.69) is 11.1 Å². The van der Waals surface area contributed by atoms with Crippen molar-refractivity contribution in [1.29, 1.82) is 5.26 Å². The van der Waals surface area contributed by atoms with Crippen molar-refractivity contribution in [2.24, 2.45) is 5.92 Å². The van der Waals surface area contributed by atoms with Gasteiger partial charge in [0, 0.05) is 37.8 Å². The Hall–Kier alpha value is -2.18. The second kappa shape index (κ2) is 8.23. The van der Waals surface area contributed by atoms with E-state index >= 15 is 0 Å². The molecule has 1 aromatic heterocycles. The van der Waals surface area contributed by atoms with Crippen LogP contribution in [0.2, 0.25) is 0 Å². The minimum absolute atomic E-state index is 0.0789. The van der Waals surface area contributed by atoms with Crippen LogP contribution in [0.1, 0.15) is 31.2 Å². The first-order valence-electron chi connectivity index (χ1n) is 9.13. The molecular formula is C18H24N4O4S. The lowest BCUT2D eigenvalue weighted by molar-refractivity contribution is -0.139. The van der Waals surface area contributed by atoms with Crippen LogP contribution in [0.15, 0.2) is 18.3 Å². The van der Waals surface area contributed by atoms with Gasteiger partial charge < -0.3 is 9.64 Å². The highest BCUT2D eigenvalue weighted by molar-refractivity contribution is 7.88. The van der Waals surface area contributed by atoms with Crippen LogP contribution in [0.25, 0.3) is 0 Å². The van der Waals surface area contributed by atoms with E-state index in [0.717, 1.165) is 12.8 Å². The molecule has 1 amide bonds. The molecule has 1 aromatic rings. The summed E-state index contributed by atoms with van der Waals surface area (Å²) in [6.45, 7) is 1.97. The van der Waals surface area contributed by atoms with Crippen molar-refractivity contribution in [2.45, 2.75) is 31.8 Å². The molecule has 0 aromatic carbocycles. The number of nitriles is 1. The number of likely N-dealkylation sites (tertiary alicyclic amines) is 1. The number of carbonyl (C=O) groups excluding carboxylic acids is 1. The van der Waals surface area contributed by atoms with Crippen molar-refractivity contribution in [3.05, 3.63) is 23.9 Å². The molecule has 8 nitrogen and oxygen atoms in total. The van der Waals surface area contributed by atoms with Crippen molar-refractivity contribution in [1.82, 2.24) is 14.2 Å². The largest absolute Gasteiger partial charge is 0.472 e. The summed E-state index contributed by atoms with van der Waals surface area (Å²) in [5.74, 6) is 0.340. The Balaban J connectivity index is 1.56. The van der Waals surface area contributed by atoms with Gasteiger partial charge in [0.1, 0.15) is 6.10 Å². The van der Waals surface area contributed by atoms with Gasteiger partial charge in [-0.3, -0.25) is 4.79 Å². The number of aromatic nitrogens is 1. The van der Waals surface area contributed by atoms with Crippen molar-refractivity contribution in [3.63, 3.8) is 0 Å². The van der Waals surface area contributed by atoms with Crippen LogP contribution in [-0.4, -0.2) is 67.1 Å². The van der Waals surface area contributed by atoms with E-state index in [1.807, 2.05) is 4.90 Å². The number of amides is 1. The summed E-state index contributed by atoms with van der Waals surface area (Å²) in [5, 5.41) is 8.97. The average Bonchev–Trinajstić information content (AvgIpc) is 2.67. The van der Waals surface area contributed by atoms with Gasteiger partial charge in [0.05, 0.1) is 24.4 Å². The molecule has 2 fully saturated rings. The molecule has 146 valence electrons. The van der Waals surface area contributed by atoms with Gasteiger partial charge in [-0.25, -0.2) is 17.7 Å². The summed E-state index contributed by atoms with van der Waals surface area (Å²) < 4.78 is 30.6. The molecular weight excluding hydrogens is 368 g/mol. The molecule has 0 unspecified atom stereocenters. The lowest BCUT2D eigenvalue weighted by atomic mass is 9.95. The minimum Gasteiger partial charge on any atom is -0.472 e. The fourth-order valence-corrected chi connectivity index (χ4v) is 4.52. The molecule has 2 saturated heterocycles. The summed E-state index contributed by atoms with van der Waals surface area (Å²) in [4.78, 5) is 18.8. The molecule has 27 heavy (non-hydrogen) atoms. The smallest absolute Gasteiger partial charge is 0.225 e. The number of rotatable bonds is 4. The molecule has 1 atom stereocenters. The first-order chi connectivity index (χ1) is 12.9. The normalized spacial score (nSPS) is 22.2. The third kappa shape index (κ3) is 4.96. The van der Waals surface area contributed by atoms with Crippen LogP contribution in [0.5, 0.6) is 5.88 Å². The number of carbonyl (C=O) groups is 1. The SMILES string of the molecule is CS(=O)(=O)N1CCC(C(=O)N2CCC[C@@H](Oc3cc(C#N)ccn3)C2)CC1. The molecule has 2 aliphatic rings. The van der Waals surface area contributed by atoms with Crippen molar-refractivity contribution >= 4 is 15.9 Å². The molecule has 3 rings (SSSR count). The zero-order valence-electron chi connectivity index (χ0n) is 15.4. The van der Waals surface area contributed by atoms with E-state index in [0.29, 0.717) is 50.5 Å². The second-order valence-corrected chi connectivity index (χ2v) is 9.08. The molecule has 9 heteroatoms. The van der Waals surface area contributed by atoms with E-state index in [1.165, 1.54) is 16.8 Å². The summed E-state index contributed by atoms with van der Waals surface area (Å²) in [6, 6.07) is 5.27. The van der Waals surface area contributed by atoms with Crippen LogP contribution in [0, 0.1) is 17.2 Å². The number of piperidine rings is 2. The third-order valence-corrected chi connectivity index (χ3v) is 6.42. The second-order valence-electron chi connectivity index (χ2n) is 7.10. The number of sulfonamides is 1. The van der Waals surface area contributed by atoms with E-state index in [4.69, 9.17) is 10.00 Å². The molecule has 2 aliphatic heterocycles. The van der Waals surface area contributed by atoms with Crippen LogP contribution in [-0.2, 0) is 14.8 Å². The van der Waals surface area contributed by atoms with Crippen LogP contribution in [0.3, 0.4) is 0 Å². The van der Waals surface area contributed by atoms with Gasteiger partial charge in [0.15, 0.2) is 0 Å². The topological polar surface area (TPSA) is 104 Å². The number of pyridine rings is 1. The highest BCUT2D eigenvalue weighted by Gasteiger charge is 2.33. The maximum Gasteiger partial charge on any atom is 0.225 e. The zero-order valence-corrected chi connectivity index (χ0v) is 16.2. The summed E-state index contributed by atoms with van der Waals surface area (Å²) in [6.07, 6.45) is 5.37. The third-order valence-electron chi connectivity index (χ3n) is 5.11. The lowest BCUT2D eigenvalue weighted by Gasteiger charge is -2.37. The fraction of sp³-hybridized carbons (Fsp3) is 0.611. The van der Waals surface area contributed by atoms with E-state index in [-0.39, 0.29) is 17.9 Å². The van der Waals surface area contributed by atoms with Crippen LogP contribution in [0.4, 0.5) is 0 Å². The molecule has 0 aliphatic carbocycles. The molecule has 0 bridgehead atoms. The minimum atomic E-state index is -3.19. The van der Waals surface area contributed by atoms with Gasteiger partial charge >= 0.3 is 0 Å². The van der Waals surface area contributed by atoms with Crippen molar-refractivity contribution in [2.75, 3.05) is 32.4 Å². The van der Waals surface area contributed by atoms with E-state index in [9.17, 15) is 13.2 Å². The van der Waals surface area contributed by atoms with Gasteiger partial charge in [-0.1, -0.05) is 0 Å². The predicted octanol–water partition coefficient (Wildman–Crippen LogP) is 0.995. The Morgan fingerprint density at radius 1 is 1.30 bits per heavy atom. The van der Waals surface area contributed by atoms with E-state index in [1.54, 1.807) is 12.1 Å². The standard InChI is InChI=1S/C18H24N4O4S/c1-27(24,25)22-9-5-15(6-10-22)18(23)21-8-2-3-16(13-21)26-17-11-14(12-19)4-7-20-17/h4,7,11,15-16H,2-3,5-6,8-10,13H2,1H3/t16-/m1/s1. The quantitative estimate of drug-likeness (QED) is 0.757. The van der Waals surface area contributed by atoms with Gasteiger partial charge in [-0.15, -0.1) is 0 Å². The first kappa shape index (κ1) is 19.6.